The molecule has 0 bridgehead atoms. The van der Waals surface area contributed by atoms with E-state index in [9.17, 15) is 22.8 Å². The number of halogens is 3. The first-order valence-corrected chi connectivity index (χ1v) is 10.3. The molecule has 7 nitrogen and oxygen atoms in total. The summed E-state index contributed by atoms with van der Waals surface area (Å²) in [6, 6.07) is 8.02. The van der Waals surface area contributed by atoms with E-state index in [1.54, 1.807) is 30.5 Å². The molecule has 10 heteroatoms. The molecule has 0 aliphatic carbocycles. The van der Waals surface area contributed by atoms with Crippen LogP contribution >= 0.6 is 0 Å². The second kappa shape index (κ2) is 10.9. The van der Waals surface area contributed by atoms with E-state index >= 15 is 0 Å². The molecule has 0 fully saturated rings. The van der Waals surface area contributed by atoms with E-state index < -0.39 is 41.3 Å². The summed E-state index contributed by atoms with van der Waals surface area (Å²) in [7, 11) is 0. The van der Waals surface area contributed by atoms with Gasteiger partial charge in [-0.15, -0.1) is 0 Å². The zero-order chi connectivity index (χ0) is 24.0. The van der Waals surface area contributed by atoms with Crippen LogP contribution in [0.3, 0.4) is 0 Å². The molecule has 1 aromatic heterocycles. The molecular weight excluding hydrogens is 435 g/mol. The van der Waals surface area contributed by atoms with Crippen molar-refractivity contribution in [3.63, 3.8) is 0 Å². The molecule has 3 aromatic rings. The minimum atomic E-state index is -1.61. The summed E-state index contributed by atoms with van der Waals surface area (Å²) >= 11 is 0. The number of hydrogen-bond acceptors (Lipinski definition) is 5. The third kappa shape index (κ3) is 6.27. The summed E-state index contributed by atoms with van der Waals surface area (Å²) in [4.78, 5) is 29.7. The smallest absolute Gasteiger partial charge is 0.247 e. The molecule has 0 saturated heterocycles. The van der Waals surface area contributed by atoms with Gasteiger partial charge in [-0.1, -0.05) is 6.07 Å². The molecule has 0 aliphatic rings. The van der Waals surface area contributed by atoms with Crippen LogP contribution in [0.1, 0.15) is 18.4 Å². The Balaban J connectivity index is 1.82. The Bertz CT molecular complexity index is 1130. The van der Waals surface area contributed by atoms with E-state index in [4.69, 9.17) is 11.5 Å². The van der Waals surface area contributed by atoms with E-state index in [2.05, 4.69) is 15.6 Å². The van der Waals surface area contributed by atoms with Gasteiger partial charge in [0.05, 0.1) is 11.6 Å². The van der Waals surface area contributed by atoms with Gasteiger partial charge in [0.2, 0.25) is 11.8 Å². The average molecular weight is 459 g/mol. The average Bonchev–Trinajstić information content (AvgIpc) is 2.80. The van der Waals surface area contributed by atoms with Crippen molar-refractivity contribution < 1.29 is 22.8 Å². The van der Waals surface area contributed by atoms with Gasteiger partial charge in [0.25, 0.3) is 0 Å². The van der Waals surface area contributed by atoms with Gasteiger partial charge in [-0.25, -0.2) is 13.2 Å². The van der Waals surface area contributed by atoms with Crippen LogP contribution in [0.5, 0.6) is 0 Å². The van der Waals surface area contributed by atoms with Crippen LogP contribution in [0.25, 0.3) is 10.9 Å². The number of pyridine rings is 1. The number of carbonyl (C=O) groups is 2. The van der Waals surface area contributed by atoms with Crippen molar-refractivity contribution in [1.29, 1.82) is 0 Å². The molecular formula is C23H24F3N5O2. The predicted molar refractivity (Wildman–Crippen MR) is 119 cm³/mol. The molecule has 2 atom stereocenters. The number of hydrogen-bond donors (Lipinski definition) is 4. The van der Waals surface area contributed by atoms with Crippen molar-refractivity contribution in [3.8, 4) is 0 Å². The van der Waals surface area contributed by atoms with Gasteiger partial charge in [-0.05, 0) is 61.3 Å². The van der Waals surface area contributed by atoms with E-state index in [-0.39, 0.29) is 12.0 Å². The third-order valence-corrected chi connectivity index (χ3v) is 5.04. The van der Waals surface area contributed by atoms with Crippen LogP contribution in [0.15, 0.2) is 48.7 Å². The standard InChI is InChI=1S/C23H24F3N5O2/c24-16-9-13(10-17(25)21(16)26)11-20(31-22(32)18(28)4-1-7-27)23(33)30-15-5-6-19-14(12-15)3-2-8-29-19/h2-3,5-6,8-10,12,18,20H,1,4,7,11,27-28H2,(H,30,33)(H,31,32)/t18-,20+/m0/s1. The van der Waals surface area contributed by atoms with Crippen molar-refractivity contribution in [2.75, 3.05) is 11.9 Å². The molecule has 0 radical (unpaired) electrons. The Kier molecular flexibility index (Phi) is 7.96. The van der Waals surface area contributed by atoms with Gasteiger partial charge in [0, 0.05) is 23.7 Å². The van der Waals surface area contributed by atoms with Gasteiger partial charge >= 0.3 is 0 Å². The normalized spacial score (nSPS) is 12.9. The van der Waals surface area contributed by atoms with E-state index in [1.165, 1.54) is 0 Å². The number of anilines is 1. The Labute approximate surface area is 188 Å². The van der Waals surface area contributed by atoms with E-state index in [0.717, 1.165) is 23.0 Å². The van der Waals surface area contributed by atoms with Crippen LogP contribution < -0.4 is 22.1 Å². The highest BCUT2D eigenvalue weighted by atomic mass is 19.2. The lowest BCUT2D eigenvalue weighted by Gasteiger charge is -2.21. The zero-order valence-corrected chi connectivity index (χ0v) is 17.7. The van der Waals surface area contributed by atoms with Crippen LogP contribution in [0.4, 0.5) is 18.9 Å². The summed E-state index contributed by atoms with van der Waals surface area (Å²) in [5.41, 5.74) is 12.4. The number of fused-ring (bicyclic) bond motifs is 1. The third-order valence-electron chi connectivity index (χ3n) is 5.04. The molecule has 2 aromatic carbocycles. The first-order chi connectivity index (χ1) is 15.8. The maximum atomic E-state index is 13.7. The second-order valence-electron chi connectivity index (χ2n) is 7.58. The summed E-state index contributed by atoms with van der Waals surface area (Å²) in [5, 5.41) is 5.98. The molecule has 2 amide bonds. The van der Waals surface area contributed by atoms with E-state index in [1.807, 2.05) is 6.07 Å². The Morgan fingerprint density at radius 1 is 1.03 bits per heavy atom. The number of benzene rings is 2. The fourth-order valence-corrected chi connectivity index (χ4v) is 3.30. The SMILES string of the molecule is NCCC[C@H](N)C(=O)N[C@H](Cc1cc(F)c(F)c(F)c1)C(=O)Nc1ccc2ncccc2c1. The van der Waals surface area contributed by atoms with Crippen LogP contribution in [-0.2, 0) is 16.0 Å². The largest absolute Gasteiger partial charge is 0.343 e. The van der Waals surface area contributed by atoms with Gasteiger partial charge in [-0.3, -0.25) is 14.6 Å². The monoisotopic (exact) mass is 459 g/mol. The first kappa shape index (κ1) is 24.1. The molecule has 3 rings (SSSR count). The Hall–Kier alpha value is -3.50. The Morgan fingerprint density at radius 2 is 1.76 bits per heavy atom. The number of aromatic nitrogens is 1. The van der Waals surface area contributed by atoms with Gasteiger partial charge in [0.1, 0.15) is 6.04 Å². The first-order valence-electron chi connectivity index (χ1n) is 10.3. The molecule has 0 saturated carbocycles. The molecule has 174 valence electrons. The lowest BCUT2D eigenvalue weighted by molar-refractivity contribution is -0.127. The van der Waals surface area contributed by atoms with E-state index in [0.29, 0.717) is 25.1 Å². The Morgan fingerprint density at radius 3 is 2.45 bits per heavy atom. The number of amides is 2. The number of carbonyl (C=O) groups excluding carboxylic acids is 2. The van der Waals surface area contributed by atoms with Crippen molar-refractivity contribution in [2.24, 2.45) is 11.5 Å². The van der Waals surface area contributed by atoms with Crippen LogP contribution in [0.2, 0.25) is 0 Å². The number of rotatable bonds is 9. The molecule has 1 heterocycles. The minimum Gasteiger partial charge on any atom is -0.343 e. The van der Waals surface area contributed by atoms with Crippen molar-refractivity contribution in [1.82, 2.24) is 10.3 Å². The molecule has 33 heavy (non-hydrogen) atoms. The highest BCUT2D eigenvalue weighted by molar-refractivity contribution is 5.99. The highest BCUT2D eigenvalue weighted by Crippen LogP contribution is 2.19. The summed E-state index contributed by atoms with van der Waals surface area (Å²) in [6.45, 7) is 0.343. The minimum absolute atomic E-state index is 0.00917. The molecule has 0 spiro atoms. The van der Waals surface area contributed by atoms with Crippen molar-refractivity contribution in [2.45, 2.75) is 31.3 Å². The maximum absolute atomic E-state index is 13.7. The van der Waals surface area contributed by atoms with Gasteiger partial charge in [0.15, 0.2) is 17.5 Å². The highest BCUT2D eigenvalue weighted by Gasteiger charge is 2.25. The van der Waals surface area contributed by atoms with Crippen molar-refractivity contribution >= 4 is 28.4 Å². The fourth-order valence-electron chi connectivity index (χ4n) is 3.30. The fraction of sp³-hybridized carbons (Fsp3) is 0.261. The lowest BCUT2D eigenvalue weighted by atomic mass is 10.0. The summed E-state index contributed by atoms with van der Waals surface area (Å²) in [6.07, 6.45) is 2.16. The maximum Gasteiger partial charge on any atom is 0.247 e. The molecule has 0 unspecified atom stereocenters. The quantitative estimate of drug-likeness (QED) is 0.366. The summed E-state index contributed by atoms with van der Waals surface area (Å²) < 4.78 is 40.7. The van der Waals surface area contributed by atoms with Gasteiger partial charge in [-0.2, -0.15) is 0 Å². The zero-order valence-electron chi connectivity index (χ0n) is 17.7. The lowest BCUT2D eigenvalue weighted by Crippen LogP contribution is -2.51. The topological polar surface area (TPSA) is 123 Å². The second-order valence-corrected chi connectivity index (χ2v) is 7.58. The molecule has 0 aliphatic heterocycles. The molecule has 6 N–H and O–H groups in total. The number of nitrogens with two attached hydrogens (primary N) is 2. The predicted octanol–water partition coefficient (Wildman–Crippen LogP) is 2.38. The van der Waals surface area contributed by atoms with Crippen LogP contribution in [0, 0.1) is 17.5 Å². The summed E-state index contributed by atoms with van der Waals surface area (Å²) in [5.74, 6) is -5.65. The van der Waals surface area contributed by atoms with Crippen LogP contribution in [-0.4, -0.2) is 35.4 Å². The number of nitrogens with one attached hydrogen (secondary N) is 2. The number of nitrogens with zero attached hydrogens (tertiary/aromatic N) is 1. The van der Waals surface area contributed by atoms with Crippen molar-refractivity contribution in [3.05, 3.63) is 71.7 Å². The van der Waals surface area contributed by atoms with Gasteiger partial charge < -0.3 is 22.1 Å².